The summed E-state index contributed by atoms with van der Waals surface area (Å²) in [6.45, 7) is 2.12. The number of benzene rings is 3. The van der Waals surface area contributed by atoms with Crippen LogP contribution >= 0.6 is 11.6 Å². The van der Waals surface area contributed by atoms with Crippen molar-refractivity contribution in [3.63, 3.8) is 0 Å². The molecule has 5 rings (SSSR count). The van der Waals surface area contributed by atoms with E-state index in [1.54, 1.807) is 31.3 Å². The van der Waals surface area contributed by atoms with Gasteiger partial charge in [-0.1, -0.05) is 35.9 Å². The molecule has 4 aromatic rings. The first-order valence-corrected chi connectivity index (χ1v) is 11.1. The number of fused-ring (bicyclic) bond motifs is 2. The number of rotatable bonds is 5. The average molecular weight is 476 g/mol. The van der Waals surface area contributed by atoms with Crippen molar-refractivity contribution in [1.82, 2.24) is 4.90 Å². The van der Waals surface area contributed by atoms with Crippen LogP contribution in [0, 0.1) is 6.92 Å². The lowest BCUT2D eigenvalue weighted by Gasteiger charge is -2.25. The molecule has 172 valence electrons. The molecule has 0 fully saturated rings. The summed E-state index contributed by atoms with van der Waals surface area (Å²) in [5.41, 5.74) is 2.85. The van der Waals surface area contributed by atoms with Gasteiger partial charge in [-0.3, -0.25) is 9.59 Å². The molecule has 0 saturated carbocycles. The van der Waals surface area contributed by atoms with Crippen molar-refractivity contribution in [3.05, 3.63) is 104 Å². The largest absolute Gasteiger partial charge is 0.497 e. The van der Waals surface area contributed by atoms with Gasteiger partial charge in [-0.15, -0.1) is 0 Å². The Kier molecular flexibility index (Phi) is 5.54. The number of halogens is 1. The standard InChI is InChI=1S/C27H22ClNO5/c1-15-12-22-20(13-21(15)28)25(30)23-24(17-6-10-19(33-3)11-7-17)29(27(31)26(23)34-22)14-16-4-8-18(32-2)9-5-16/h4-13,24H,14H2,1-3H3. The second kappa shape index (κ2) is 8.54. The Morgan fingerprint density at radius 2 is 1.56 bits per heavy atom. The van der Waals surface area contributed by atoms with Crippen molar-refractivity contribution >= 4 is 28.5 Å². The third-order valence-corrected chi connectivity index (χ3v) is 6.60. The SMILES string of the molecule is COc1ccc(CN2C(=O)c3oc4cc(C)c(Cl)cc4c(=O)c3C2c2ccc(OC)cc2)cc1. The van der Waals surface area contributed by atoms with Gasteiger partial charge < -0.3 is 18.8 Å². The molecule has 1 amide bonds. The lowest BCUT2D eigenvalue weighted by molar-refractivity contribution is 0.0714. The van der Waals surface area contributed by atoms with Crippen LogP contribution in [0.5, 0.6) is 11.5 Å². The number of aryl methyl sites for hydroxylation is 1. The maximum atomic E-state index is 13.7. The molecule has 1 aromatic heterocycles. The molecule has 1 aliphatic heterocycles. The maximum absolute atomic E-state index is 13.7. The van der Waals surface area contributed by atoms with Crippen molar-refractivity contribution in [2.24, 2.45) is 0 Å². The predicted octanol–water partition coefficient (Wildman–Crippen LogP) is 5.52. The summed E-state index contributed by atoms with van der Waals surface area (Å²) in [6.07, 6.45) is 0. The summed E-state index contributed by atoms with van der Waals surface area (Å²) < 4.78 is 16.6. The van der Waals surface area contributed by atoms with Gasteiger partial charge in [0, 0.05) is 11.6 Å². The fourth-order valence-corrected chi connectivity index (χ4v) is 4.53. The fraction of sp³-hybridized carbons (Fsp3) is 0.185. The number of nitrogens with zero attached hydrogens (tertiary/aromatic N) is 1. The highest BCUT2D eigenvalue weighted by atomic mass is 35.5. The van der Waals surface area contributed by atoms with Gasteiger partial charge in [-0.25, -0.2) is 0 Å². The van der Waals surface area contributed by atoms with Crippen LogP contribution < -0.4 is 14.9 Å². The molecule has 0 radical (unpaired) electrons. The van der Waals surface area contributed by atoms with Crippen LogP contribution in [0.1, 0.15) is 38.9 Å². The van der Waals surface area contributed by atoms with E-state index in [1.165, 1.54) is 0 Å². The van der Waals surface area contributed by atoms with E-state index in [0.717, 1.165) is 22.4 Å². The predicted molar refractivity (Wildman–Crippen MR) is 130 cm³/mol. The number of methoxy groups -OCH3 is 2. The summed E-state index contributed by atoms with van der Waals surface area (Å²) in [6, 6.07) is 17.5. The Morgan fingerprint density at radius 1 is 0.941 bits per heavy atom. The quantitative estimate of drug-likeness (QED) is 0.380. The third kappa shape index (κ3) is 3.60. The molecule has 0 bridgehead atoms. The second-order valence-electron chi connectivity index (χ2n) is 8.23. The molecule has 0 aliphatic carbocycles. The maximum Gasteiger partial charge on any atom is 0.291 e. The first-order valence-electron chi connectivity index (χ1n) is 10.8. The van der Waals surface area contributed by atoms with E-state index in [-0.39, 0.29) is 17.1 Å². The summed E-state index contributed by atoms with van der Waals surface area (Å²) >= 11 is 6.30. The van der Waals surface area contributed by atoms with Crippen molar-refractivity contribution in [1.29, 1.82) is 0 Å². The Hall–Kier alpha value is -3.77. The minimum absolute atomic E-state index is 0.0635. The summed E-state index contributed by atoms with van der Waals surface area (Å²) in [5.74, 6) is 1.14. The summed E-state index contributed by atoms with van der Waals surface area (Å²) in [7, 11) is 3.19. The number of amides is 1. The highest BCUT2D eigenvalue weighted by molar-refractivity contribution is 6.32. The van der Waals surface area contributed by atoms with E-state index < -0.39 is 6.04 Å². The minimum Gasteiger partial charge on any atom is -0.497 e. The van der Waals surface area contributed by atoms with Crippen LogP contribution in [0.4, 0.5) is 0 Å². The van der Waals surface area contributed by atoms with Gasteiger partial charge in [0.25, 0.3) is 5.91 Å². The lowest BCUT2D eigenvalue weighted by atomic mass is 9.98. The summed E-state index contributed by atoms with van der Waals surface area (Å²) in [4.78, 5) is 28.9. The molecular formula is C27H22ClNO5. The summed E-state index contributed by atoms with van der Waals surface area (Å²) in [5, 5.41) is 0.826. The number of hydrogen-bond donors (Lipinski definition) is 0. The molecule has 6 nitrogen and oxygen atoms in total. The van der Waals surface area contributed by atoms with Gasteiger partial charge in [0.15, 0.2) is 5.43 Å². The Morgan fingerprint density at radius 3 is 2.18 bits per heavy atom. The molecule has 0 N–H and O–H groups in total. The molecule has 7 heteroatoms. The molecule has 2 heterocycles. The van der Waals surface area contributed by atoms with Gasteiger partial charge in [-0.2, -0.15) is 0 Å². The van der Waals surface area contributed by atoms with Crippen molar-refractivity contribution in [3.8, 4) is 11.5 Å². The van der Waals surface area contributed by atoms with E-state index in [0.29, 0.717) is 33.8 Å². The van der Waals surface area contributed by atoms with Gasteiger partial charge >= 0.3 is 0 Å². The monoisotopic (exact) mass is 475 g/mol. The van der Waals surface area contributed by atoms with Crippen LogP contribution in [-0.2, 0) is 6.54 Å². The van der Waals surface area contributed by atoms with Crippen LogP contribution in [0.2, 0.25) is 5.02 Å². The van der Waals surface area contributed by atoms with Gasteiger partial charge in [-0.05, 0) is 60.0 Å². The zero-order chi connectivity index (χ0) is 24.0. The molecule has 0 spiro atoms. The molecule has 3 aromatic carbocycles. The molecule has 1 aliphatic rings. The van der Waals surface area contributed by atoms with E-state index in [1.807, 2.05) is 55.5 Å². The first kappa shape index (κ1) is 22.0. The highest BCUT2D eigenvalue weighted by Gasteiger charge is 2.42. The highest BCUT2D eigenvalue weighted by Crippen LogP contribution is 2.40. The van der Waals surface area contributed by atoms with Crippen molar-refractivity contribution in [2.45, 2.75) is 19.5 Å². The van der Waals surface area contributed by atoms with Crippen LogP contribution in [0.25, 0.3) is 11.0 Å². The Bertz CT molecular complexity index is 1460. The molecule has 34 heavy (non-hydrogen) atoms. The number of carbonyl (C=O) groups excluding carboxylic acids is 1. The van der Waals surface area contributed by atoms with Crippen LogP contribution in [-0.4, -0.2) is 25.0 Å². The van der Waals surface area contributed by atoms with Crippen LogP contribution in [0.15, 0.2) is 69.9 Å². The lowest BCUT2D eigenvalue weighted by Crippen LogP contribution is -2.29. The fourth-order valence-electron chi connectivity index (χ4n) is 4.36. The Balaban J connectivity index is 1.69. The van der Waals surface area contributed by atoms with E-state index in [9.17, 15) is 9.59 Å². The molecule has 1 unspecified atom stereocenters. The zero-order valence-corrected chi connectivity index (χ0v) is 19.7. The molecule has 1 atom stereocenters. The Labute approximate surface area is 201 Å². The van der Waals surface area contributed by atoms with Crippen molar-refractivity contribution in [2.75, 3.05) is 14.2 Å². The van der Waals surface area contributed by atoms with Gasteiger partial charge in [0.05, 0.1) is 31.2 Å². The van der Waals surface area contributed by atoms with Crippen LogP contribution in [0.3, 0.4) is 0 Å². The first-order chi connectivity index (χ1) is 16.4. The third-order valence-electron chi connectivity index (χ3n) is 6.19. The number of carbonyl (C=O) groups is 1. The van der Waals surface area contributed by atoms with E-state index in [2.05, 4.69) is 0 Å². The normalized spacial score (nSPS) is 15.0. The average Bonchev–Trinajstić information content (AvgIpc) is 3.12. The molecule has 0 saturated heterocycles. The minimum atomic E-state index is -0.615. The zero-order valence-electron chi connectivity index (χ0n) is 18.9. The topological polar surface area (TPSA) is 69.0 Å². The van der Waals surface area contributed by atoms with Crippen molar-refractivity contribution < 1.29 is 18.7 Å². The molecular weight excluding hydrogens is 454 g/mol. The van der Waals surface area contributed by atoms with E-state index >= 15 is 0 Å². The van der Waals surface area contributed by atoms with E-state index in [4.69, 9.17) is 25.5 Å². The number of hydrogen-bond acceptors (Lipinski definition) is 5. The van der Waals surface area contributed by atoms with Gasteiger partial charge in [0.2, 0.25) is 5.76 Å². The number of ether oxygens (including phenoxy) is 2. The van der Waals surface area contributed by atoms with Gasteiger partial charge in [0.1, 0.15) is 17.1 Å². The second-order valence-corrected chi connectivity index (χ2v) is 8.64. The smallest absolute Gasteiger partial charge is 0.291 e.